The molecular formula is C21H18O3. The van der Waals surface area contributed by atoms with Gasteiger partial charge in [0.15, 0.2) is 0 Å². The summed E-state index contributed by atoms with van der Waals surface area (Å²) in [6.45, 7) is -0.149. The number of aliphatic hydroxyl groups excluding tert-OH is 2. The number of hydrogen-bond donors (Lipinski definition) is 2. The van der Waals surface area contributed by atoms with E-state index in [1.807, 2.05) is 0 Å². The van der Waals surface area contributed by atoms with Gasteiger partial charge in [-0.05, 0) is 37.9 Å². The maximum Gasteiger partial charge on any atom is 0.107 e. The van der Waals surface area contributed by atoms with Gasteiger partial charge in [0.05, 0.1) is 18.8 Å². The van der Waals surface area contributed by atoms with Crippen LogP contribution in [0.25, 0.3) is 32.3 Å². The maximum atomic E-state index is 10.1. The zero-order chi connectivity index (χ0) is 16.3. The maximum absolute atomic E-state index is 10.1. The third kappa shape index (κ3) is 1.89. The lowest BCUT2D eigenvalue weighted by molar-refractivity contribution is -0.0222. The standard InChI is InChI=1S/C21H18O3/c22-11-19-17(23)10-18(24-19)15-8-6-14-5-4-12-2-1-3-13-7-9-16(15)21(14)20(12)13/h1-9,17-19,22-23H,10-11H2/t17-,18-,19?/m1/s1. The molecule has 2 N–H and O–H groups in total. The van der Waals surface area contributed by atoms with E-state index in [4.69, 9.17) is 4.74 Å². The third-order valence-corrected chi connectivity index (χ3v) is 5.31. The summed E-state index contributed by atoms with van der Waals surface area (Å²) in [7, 11) is 0. The Morgan fingerprint density at radius 1 is 0.875 bits per heavy atom. The molecular weight excluding hydrogens is 300 g/mol. The van der Waals surface area contributed by atoms with Crippen LogP contribution in [0.4, 0.5) is 0 Å². The Hall–Kier alpha value is -2.20. The molecule has 4 aromatic rings. The van der Waals surface area contributed by atoms with Crippen LogP contribution >= 0.6 is 0 Å². The number of aliphatic hydroxyl groups is 2. The van der Waals surface area contributed by atoms with Crippen molar-refractivity contribution in [1.82, 2.24) is 0 Å². The summed E-state index contributed by atoms with van der Waals surface area (Å²) >= 11 is 0. The Morgan fingerprint density at radius 3 is 2.25 bits per heavy atom. The molecule has 0 aromatic heterocycles. The van der Waals surface area contributed by atoms with Crippen molar-refractivity contribution in [2.45, 2.75) is 24.7 Å². The Labute approximate surface area is 139 Å². The molecule has 1 aliphatic rings. The van der Waals surface area contributed by atoms with Gasteiger partial charge in [0.1, 0.15) is 6.10 Å². The van der Waals surface area contributed by atoms with E-state index >= 15 is 0 Å². The van der Waals surface area contributed by atoms with Crippen molar-refractivity contribution in [3.63, 3.8) is 0 Å². The molecule has 3 atom stereocenters. The minimum Gasteiger partial charge on any atom is -0.394 e. The smallest absolute Gasteiger partial charge is 0.107 e. The van der Waals surface area contributed by atoms with Crippen molar-refractivity contribution < 1.29 is 14.9 Å². The zero-order valence-corrected chi connectivity index (χ0v) is 13.1. The molecule has 1 heterocycles. The predicted molar refractivity (Wildman–Crippen MR) is 95.5 cm³/mol. The van der Waals surface area contributed by atoms with E-state index in [0.29, 0.717) is 6.42 Å². The molecule has 0 bridgehead atoms. The lowest BCUT2D eigenvalue weighted by Gasteiger charge is -2.18. The van der Waals surface area contributed by atoms with Crippen LogP contribution < -0.4 is 0 Å². The molecule has 5 rings (SSSR count). The first-order chi connectivity index (χ1) is 11.8. The van der Waals surface area contributed by atoms with Crippen LogP contribution in [0.1, 0.15) is 18.1 Å². The minimum atomic E-state index is -0.612. The number of ether oxygens (including phenoxy) is 1. The molecule has 3 heteroatoms. The van der Waals surface area contributed by atoms with Crippen molar-refractivity contribution in [2.24, 2.45) is 0 Å². The summed E-state index contributed by atoms with van der Waals surface area (Å²) in [4.78, 5) is 0. The van der Waals surface area contributed by atoms with Crippen molar-refractivity contribution >= 4 is 32.3 Å². The second-order valence-corrected chi connectivity index (χ2v) is 6.66. The highest BCUT2D eigenvalue weighted by molar-refractivity contribution is 6.23. The fourth-order valence-corrected chi connectivity index (χ4v) is 4.13. The van der Waals surface area contributed by atoms with E-state index in [0.717, 1.165) is 5.56 Å². The number of benzene rings is 4. The number of hydrogen-bond acceptors (Lipinski definition) is 3. The largest absolute Gasteiger partial charge is 0.394 e. The molecule has 0 saturated carbocycles. The van der Waals surface area contributed by atoms with Crippen molar-refractivity contribution in [1.29, 1.82) is 0 Å². The van der Waals surface area contributed by atoms with Gasteiger partial charge < -0.3 is 14.9 Å². The molecule has 3 nitrogen and oxygen atoms in total. The van der Waals surface area contributed by atoms with Gasteiger partial charge >= 0.3 is 0 Å². The summed E-state index contributed by atoms with van der Waals surface area (Å²) in [5.74, 6) is 0. The summed E-state index contributed by atoms with van der Waals surface area (Å²) in [5.41, 5.74) is 1.09. The second-order valence-electron chi connectivity index (χ2n) is 6.66. The van der Waals surface area contributed by atoms with Gasteiger partial charge in [0.25, 0.3) is 0 Å². The molecule has 120 valence electrons. The average Bonchev–Trinajstić information content (AvgIpc) is 3.00. The van der Waals surface area contributed by atoms with Gasteiger partial charge in [0, 0.05) is 6.42 Å². The van der Waals surface area contributed by atoms with Gasteiger partial charge in [-0.2, -0.15) is 0 Å². The molecule has 1 fully saturated rings. The highest BCUT2D eigenvalue weighted by Gasteiger charge is 2.35. The van der Waals surface area contributed by atoms with Crippen molar-refractivity contribution in [2.75, 3.05) is 6.61 Å². The van der Waals surface area contributed by atoms with Gasteiger partial charge in [0.2, 0.25) is 0 Å². The van der Waals surface area contributed by atoms with E-state index in [1.165, 1.54) is 32.3 Å². The molecule has 24 heavy (non-hydrogen) atoms. The number of rotatable bonds is 2. The van der Waals surface area contributed by atoms with Crippen molar-refractivity contribution in [3.8, 4) is 0 Å². The summed E-state index contributed by atoms with van der Waals surface area (Å²) in [6, 6.07) is 19.2. The predicted octanol–water partition coefficient (Wildman–Crippen LogP) is 3.77. The van der Waals surface area contributed by atoms with Gasteiger partial charge in [-0.15, -0.1) is 0 Å². The van der Waals surface area contributed by atoms with Crippen LogP contribution in [-0.4, -0.2) is 29.0 Å². The van der Waals surface area contributed by atoms with E-state index in [1.54, 1.807) is 0 Å². The molecule has 0 aliphatic carbocycles. The van der Waals surface area contributed by atoms with Gasteiger partial charge in [-0.25, -0.2) is 0 Å². The minimum absolute atomic E-state index is 0.149. The van der Waals surface area contributed by atoms with Crippen LogP contribution in [0, 0.1) is 0 Å². The topological polar surface area (TPSA) is 49.7 Å². The lowest BCUT2D eigenvalue weighted by Crippen LogP contribution is -2.24. The Morgan fingerprint density at radius 2 is 1.54 bits per heavy atom. The zero-order valence-electron chi connectivity index (χ0n) is 13.1. The Balaban J connectivity index is 1.79. The van der Waals surface area contributed by atoms with E-state index < -0.39 is 12.2 Å². The SMILES string of the molecule is OCC1O[C@@H](c2ccc3ccc4cccc5ccc2c3c45)C[C@H]1O. The second kappa shape index (κ2) is 5.15. The van der Waals surface area contributed by atoms with Gasteiger partial charge in [-0.3, -0.25) is 0 Å². The molecule has 1 aliphatic heterocycles. The van der Waals surface area contributed by atoms with E-state index in [2.05, 4.69) is 54.6 Å². The normalized spacial score (nSPS) is 24.5. The monoisotopic (exact) mass is 318 g/mol. The van der Waals surface area contributed by atoms with Crippen LogP contribution in [0.5, 0.6) is 0 Å². The first-order valence-electron chi connectivity index (χ1n) is 8.37. The quantitative estimate of drug-likeness (QED) is 0.553. The molecule has 0 spiro atoms. The lowest BCUT2D eigenvalue weighted by atomic mass is 9.90. The van der Waals surface area contributed by atoms with Crippen LogP contribution in [0.2, 0.25) is 0 Å². The molecule has 4 aromatic carbocycles. The summed E-state index contributed by atoms with van der Waals surface area (Å²) in [5, 5.41) is 26.8. The first-order valence-corrected chi connectivity index (χ1v) is 8.37. The van der Waals surface area contributed by atoms with Gasteiger partial charge in [-0.1, -0.05) is 54.6 Å². The first kappa shape index (κ1) is 14.2. The summed E-state index contributed by atoms with van der Waals surface area (Å²) in [6.07, 6.45) is -0.760. The Kier molecular flexibility index (Phi) is 3.04. The fraction of sp³-hybridized carbons (Fsp3) is 0.238. The van der Waals surface area contributed by atoms with E-state index in [-0.39, 0.29) is 12.7 Å². The third-order valence-electron chi connectivity index (χ3n) is 5.31. The van der Waals surface area contributed by atoms with Crippen LogP contribution in [-0.2, 0) is 4.74 Å². The van der Waals surface area contributed by atoms with Crippen LogP contribution in [0.15, 0.2) is 54.6 Å². The molecule has 0 radical (unpaired) electrons. The van der Waals surface area contributed by atoms with E-state index in [9.17, 15) is 10.2 Å². The highest BCUT2D eigenvalue weighted by atomic mass is 16.5. The summed E-state index contributed by atoms with van der Waals surface area (Å²) < 4.78 is 5.90. The molecule has 0 amide bonds. The fourth-order valence-electron chi connectivity index (χ4n) is 4.13. The van der Waals surface area contributed by atoms with Crippen molar-refractivity contribution in [3.05, 3.63) is 60.2 Å². The average molecular weight is 318 g/mol. The molecule has 1 unspecified atom stereocenters. The van der Waals surface area contributed by atoms with Crippen LogP contribution in [0.3, 0.4) is 0 Å². The highest BCUT2D eigenvalue weighted by Crippen LogP contribution is 2.41. The Bertz CT molecular complexity index is 1020. The molecule has 1 saturated heterocycles.